The van der Waals surface area contributed by atoms with Gasteiger partial charge >= 0.3 is 25.7 Å². The fourth-order valence-electron chi connectivity index (χ4n) is 12.1. The summed E-state index contributed by atoms with van der Waals surface area (Å²) >= 11 is 0. The number of carbonyl (C=O) groups is 3. The number of unbranched alkanes of at least 4 members (excludes halogenated alkanes) is 32. The highest BCUT2D eigenvalue weighted by Crippen LogP contribution is 2.49. The van der Waals surface area contributed by atoms with Gasteiger partial charge in [-0.05, 0) is 70.6 Å². The Morgan fingerprint density at radius 3 is 1.15 bits per heavy atom. The maximum absolute atomic E-state index is 14.3. The van der Waals surface area contributed by atoms with Gasteiger partial charge in [-0.1, -0.05) is 212 Å². The Kier molecular flexibility index (Phi) is 48.7. The molecule has 96 heavy (non-hydrogen) atoms. The van der Waals surface area contributed by atoms with E-state index in [-0.39, 0.29) is 19.3 Å². The first-order valence-electron chi connectivity index (χ1n) is 37.1. The summed E-state index contributed by atoms with van der Waals surface area (Å²) in [5.74, 6) is -2.01. The Hall–Kier alpha value is -2.56. The zero-order valence-electron chi connectivity index (χ0n) is 58.4. The van der Waals surface area contributed by atoms with Crippen molar-refractivity contribution in [1.82, 2.24) is 0 Å². The molecule has 0 aromatic carbocycles. The topological polar surface area (TPSA) is 374 Å². The molecule has 2 heterocycles. The van der Waals surface area contributed by atoms with E-state index in [4.69, 9.17) is 42.2 Å². The predicted molar refractivity (Wildman–Crippen MR) is 361 cm³/mol. The molecule has 2 saturated heterocycles. The molecule has 562 valence electrons. The summed E-state index contributed by atoms with van der Waals surface area (Å²) in [4.78, 5) is 50.9. The quantitative estimate of drug-likeness (QED) is 0.00886. The van der Waals surface area contributed by atoms with Crippen LogP contribution in [0.25, 0.3) is 0 Å². The van der Waals surface area contributed by atoms with Crippen molar-refractivity contribution >= 4 is 25.7 Å². The number of phosphoric acid groups is 1. The van der Waals surface area contributed by atoms with Gasteiger partial charge in [0.2, 0.25) is 0 Å². The van der Waals surface area contributed by atoms with Crippen molar-refractivity contribution in [3.8, 4) is 0 Å². The van der Waals surface area contributed by atoms with Crippen LogP contribution in [0.1, 0.15) is 278 Å². The second-order valence-electron chi connectivity index (χ2n) is 26.7. The van der Waals surface area contributed by atoms with Gasteiger partial charge in [-0.15, -0.1) is 0 Å². The van der Waals surface area contributed by atoms with Crippen molar-refractivity contribution in [2.24, 2.45) is 0 Å². The van der Waals surface area contributed by atoms with Crippen molar-refractivity contribution < 1.29 is 117 Å². The largest absolute Gasteiger partial charge is 0.472 e. The summed E-state index contributed by atoms with van der Waals surface area (Å²) in [6.45, 7) is 3.40. The summed E-state index contributed by atoms with van der Waals surface area (Å²) in [5, 5.41) is 110. The lowest BCUT2D eigenvalue weighted by Gasteiger charge is -2.49. The fraction of sp³-hybridized carbons (Fsp3) is 0.901. The van der Waals surface area contributed by atoms with E-state index in [1.807, 2.05) is 0 Å². The number of hydrogen-bond acceptors (Lipinski definition) is 23. The van der Waals surface area contributed by atoms with Crippen LogP contribution in [0.4, 0.5) is 0 Å². The van der Waals surface area contributed by atoms with E-state index in [9.17, 15) is 74.9 Å². The number of rotatable bonds is 57. The van der Waals surface area contributed by atoms with Crippen molar-refractivity contribution in [3.05, 3.63) is 24.3 Å². The number of esters is 3. The number of phosphoric ester groups is 1. The van der Waals surface area contributed by atoms with Gasteiger partial charge in [-0.2, -0.15) is 0 Å². The van der Waals surface area contributed by atoms with Gasteiger partial charge in [-0.3, -0.25) is 23.4 Å². The maximum Gasteiger partial charge on any atom is 0.472 e. The molecule has 0 spiro atoms. The average molecular weight is 1400 g/mol. The first kappa shape index (κ1) is 87.7. The van der Waals surface area contributed by atoms with Crippen LogP contribution in [-0.4, -0.2) is 204 Å². The van der Waals surface area contributed by atoms with E-state index in [0.717, 1.165) is 109 Å². The smallest absolute Gasteiger partial charge is 0.463 e. The van der Waals surface area contributed by atoms with Crippen LogP contribution in [0.15, 0.2) is 24.3 Å². The predicted octanol–water partition coefficient (Wildman–Crippen LogP) is 9.74. The van der Waals surface area contributed by atoms with Gasteiger partial charge in [0, 0.05) is 19.3 Å². The standard InChI is InChI=1S/C71H129O24P/c1-4-7-10-13-16-19-22-25-26-29-31-34-37-40-43-46-56(74)88-51-54-59(77)61(79)66(84)71(92-54)94-68-64(82)62(80)63(81)67(93-70-65(83)60(78)58(76)53(48-72)91-70)69(68)95-96(85,86)89-50-52(90-57(75)47-44-41-38-35-32-28-24-21-18-15-12-9-6-3)49-87-55(73)45-42-39-36-33-30-27-23-20-17-14-11-8-5-2/h19,22,28,32,52-54,58-72,76-84H,4-18,20-21,23-27,29-31,33-51H2,1-3H3,(H,85,86)/b22-19-,32-28-. The minimum atomic E-state index is -5.70. The summed E-state index contributed by atoms with van der Waals surface area (Å²) < 4.78 is 64.9. The van der Waals surface area contributed by atoms with Gasteiger partial charge in [-0.25, -0.2) is 4.57 Å². The van der Waals surface area contributed by atoms with Gasteiger partial charge < -0.3 is 89.1 Å². The molecular formula is C71H129O24P. The average Bonchev–Trinajstić information content (AvgIpc) is 1.08. The first-order chi connectivity index (χ1) is 46.3. The molecule has 0 aromatic rings. The van der Waals surface area contributed by atoms with Crippen LogP contribution < -0.4 is 0 Å². The fourth-order valence-corrected chi connectivity index (χ4v) is 13.1. The molecule has 3 fully saturated rings. The van der Waals surface area contributed by atoms with Crippen LogP contribution in [0, 0.1) is 0 Å². The lowest BCUT2D eigenvalue weighted by Crippen LogP contribution is -2.69. The summed E-state index contributed by atoms with van der Waals surface area (Å²) in [6.07, 6.45) is 12.5. The monoisotopic (exact) mass is 1400 g/mol. The minimum absolute atomic E-state index is 0.0230. The van der Waals surface area contributed by atoms with E-state index < -0.39 is 156 Å². The van der Waals surface area contributed by atoms with Crippen molar-refractivity contribution in [1.29, 1.82) is 0 Å². The molecule has 0 bridgehead atoms. The molecule has 1 saturated carbocycles. The van der Waals surface area contributed by atoms with E-state index in [1.54, 1.807) is 0 Å². The van der Waals surface area contributed by atoms with Gasteiger partial charge in [0.05, 0.1) is 13.2 Å². The second kappa shape index (κ2) is 53.3. The van der Waals surface area contributed by atoms with E-state index >= 15 is 0 Å². The van der Waals surface area contributed by atoms with Crippen LogP contribution in [0.2, 0.25) is 0 Å². The van der Waals surface area contributed by atoms with Crippen LogP contribution in [0.5, 0.6) is 0 Å². The molecule has 24 nitrogen and oxygen atoms in total. The molecule has 1 aliphatic carbocycles. The molecule has 25 heteroatoms. The number of aliphatic hydroxyl groups excluding tert-OH is 10. The summed E-state index contributed by atoms with van der Waals surface area (Å²) in [6, 6.07) is 0. The lowest BCUT2D eigenvalue weighted by molar-refractivity contribution is -0.360. The van der Waals surface area contributed by atoms with Gasteiger partial charge in [0.1, 0.15) is 98.7 Å². The third kappa shape index (κ3) is 36.4. The minimum Gasteiger partial charge on any atom is -0.463 e. The van der Waals surface area contributed by atoms with Gasteiger partial charge in [0.25, 0.3) is 0 Å². The van der Waals surface area contributed by atoms with E-state index in [1.165, 1.54) is 103 Å². The first-order valence-corrected chi connectivity index (χ1v) is 38.6. The Morgan fingerprint density at radius 1 is 0.396 bits per heavy atom. The van der Waals surface area contributed by atoms with Crippen molar-refractivity contribution in [2.75, 3.05) is 26.4 Å². The Labute approximate surface area is 573 Å². The molecule has 18 unspecified atom stereocenters. The molecule has 0 aromatic heterocycles. The number of hydrogen-bond donors (Lipinski definition) is 11. The molecule has 3 rings (SSSR count). The normalized spacial score (nSPS) is 28.1. The van der Waals surface area contributed by atoms with Crippen LogP contribution in [-0.2, 0) is 61.2 Å². The second-order valence-corrected chi connectivity index (χ2v) is 28.1. The molecule has 11 N–H and O–H groups in total. The Morgan fingerprint density at radius 2 is 0.729 bits per heavy atom. The molecule has 0 amide bonds. The molecular weight excluding hydrogens is 1270 g/mol. The Bertz CT molecular complexity index is 2090. The number of ether oxygens (including phenoxy) is 7. The molecule has 18 atom stereocenters. The lowest BCUT2D eigenvalue weighted by atomic mass is 9.84. The Balaban J connectivity index is 1.74. The summed E-state index contributed by atoms with van der Waals surface area (Å²) in [7, 11) is -5.70. The zero-order valence-corrected chi connectivity index (χ0v) is 59.3. The molecule has 2 aliphatic heterocycles. The third-order valence-corrected chi connectivity index (χ3v) is 19.2. The molecule has 0 radical (unpaired) electrons. The van der Waals surface area contributed by atoms with E-state index in [0.29, 0.717) is 25.7 Å². The van der Waals surface area contributed by atoms with E-state index in [2.05, 4.69) is 45.1 Å². The van der Waals surface area contributed by atoms with Crippen LogP contribution in [0.3, 0.4) is 0 Å². The van der Waals surface area contributed by atoms with Crippen molar-refractivity contribution in [2.45, 2.75) is 382 Å². The zero-order chi connectivity index (χ0) is 70.4. The van der Waals surface area contributed by atoms with Crippen LogP contribution >= 0.6 is 7.82 Å². The highest BCUT2D eigenvalue weighted by Gasteiger charge is 2.58. The van der Waals surface area contributed by atoms with Gasteiger partial charge in [0.15, 0.2) is 18.7 Å². The number of carbonyl (C=O) groups excluding carboxylic acids is 3. The third-order valence-electron chi connectivity index (χ3n) is 18.2. The highest BCUT2D eigenvalue weighted by molar-refractivity contribution is 7.47. The number of aliphatic hydroxyl groups is 10. The van der Waals surface area contributed by atoms with Crippen molar-refractivity contribution in [3.63, 3.8) is 0 Å². The highest BCUT2D eigenvalue weighted by atomic mass is 31.2. The SMILES string of the molecule is CCCCCC/C=C\CCCCCCCCCC(=O)OCC1OC(OC2C(O)C(O)C(O)C(OC3OC(CO)C(O)C(O)C3O)C2OP(=O)(O)OCC(COC(=O)CCCCCCCCCCCCCCC)OC(=O)CCCCC/C=C\CCCCCCCC)C(O)C(O)C1O. The maximum atomic E-state index is 14.3. The number of allylic oxidation sites excluding steroid dienone is 4. The molecule has 3 aliphatic rings. The summed E-state index contributed by atoms with van der Waals surface area (Å²) in [5.41, 5.74) is 0.